The van der Waals surface area contributed by atoms with Crippen LogP contribution in [0.4, 0.5) is 0 Å². The Morgan fingerprint density at radius 3 is 2.92 bits per heavy atom. The van der Waals surface area contributed by atoms with Crippen LogP contribution in [-0.4, -0.2) is 29.0 Å². The first kappa shape index (κ1) is 18.2. The standard InChI is InChI=1S/C18H15N3O3S2/c1-2-23-13-9-11(3-4-12(13)24-7-5-19)10-14-16(22)15(17(20)26-14)18-21-6-8-25-18/h3-4,6,8-10,15,20H,2,7H2,1H3. The molecule has 132 valence electrons. The molecule has 1 N–H and O–H groups in total. The van der Waals surface area contributed by atoms with E-state index in [1.165, 1.54) is 11.3 Å². The fourth-order valence-corrected chi connectivity index (χ4v) is 4.26. The number of hydrogen-bond acceptors (Lipinski definition) is 8. The molecular formula is C18H15N3O3S2. The first-order chi connectivity index (χ1) is 12.6. The number of thiazole rings is 1. The third-order valence-corrected chi connectivity index (χ3v) is 5.38. The smallest absolute Gasteiger partial charge is 0.186 e. The van der Waals surface area contributed by atoms with Crippen LogP contribution in [0.3, 0.4) is 0 Å². The average Bonchev–Trinajstić information content (AvgIpc) is 3.23. The van der Waals surface area contributed by atoms with Crippen LogP contribution < -0.4 is 9.47 Å². The molecule has 1 aromatic carbocycles. The van der Waals surface area contributed by atoms with E-state index >= 15 is 0 Å². The second kappa shape index (κ2) is 8.17. The van der Waals surface area contributed by atoms with Crippen molar-refractivity contribution in [1.82, 2.24) is 4.98 Å². The fourth-order valence-electron chi connectivity index (χ4n) is 2.45. The van der Waals surface area contributed by atoms with Crippen LogP contribution in [0.1, 0.15) is 23.4 Å². The summed E-state index contributed by atoms with van der Waals surface area (Å²) in [6, 6.07) is 7.18. The average molecular weight is 385 g/mol. The minimum atomic E-state index is -0.601. The molecule has 0 aliphatic carbocycles. The number of carbonyl (C=O) groups excluding carboxylic acids is 1. The molecule has 1 aromatic heterocycles. The highest BCUT2D eigenvalue weighted by atomic mass is 32.2. The minimum absolute atomic E-state index is 0.0680. The van der Waals surface area contributed by atoms with Gasteiger partial charge in [-0.3, -0.25) is 10.2 Å². The quantitative estimate of drug-likeness (QED) is 0.759. The number of thioether (sulfide) groups is 1. The van der Waals surface area contributed by atoms with Gasteiger partial charge in [0.1, 0.15) is 17.0 Å². The van der Waals surface area contributed by atoms with Gasteiger partial charge in [-0.05, 0) is 30.7 Å². The summed E-state index contributed by atoms with van der Waals surface area (Å²) in [5.74, 6) is 0.280. The molecule has 0 spiro atoms. The van der Waals surface area contributed by atoms with Crippen molar-refractivity contribution in [2.45, 2.75) is 12.8 Å². The normalized spacial score (nSPS) is 18.2. The molecule has 2 heterocycles. The number of nitriles is 1. The maximum atomic E-state index is 12.7. The lowest BCUT2D eigenvalue weighted by Gasteiger charge is -2.10. The van der Waals surface area contributed by atoms with Crippen molar-refractivity contribution in [2.75, 3.05) is 13.2 Å². The third kappa shape index (κ3) is 3.79. The summed E-state index contributed by atoms with van der Waals surface area (Å²) in [6.45, 7) is 2.24. The molecule has 8 heteroatoms. The molecule has 2 aromatic rings. The zero-order chi connectivity index (χ0) is 18.5. The highest BCUT2D eigenvalue weighted by molar-refractivity contribution is 8.19. The number of hydrogen-bond donors (Lipinski definition) is 1. The first-order valence-corrected chi connectivity index (χ1v) is 9.51. The Hall–Kier alpha value is -2.63. The number of allylic oxidation sites excluding steroid dienone is 1. The summed E-state index contributed by atoms with van der Waals surface area (Å²) in [4.78, 5) is 17.4. The Labute approximate surface area is 159 Å². The number of benzene rings is 1. The zero-order valence-corrected chi connectivity index (χ0v) is 15.5. The van der Waals surface area contributed by atoms with Crippen molar-refractivity contribution < 1.29 is 14.3 Å². The number of ketones is 1. The number of nitrogens with zero attached hydrogens (tertiary/aromatic N) is 2. The van der Waals surface area contributed by atoms with Crippen molar-refractivity contribution in [3.05, 3.63) is 45.3 Å². The minimum Gasteiger partial charge on any atom is -0.490 e. The Kier molecular flexibility index (Phi) is 5.71. The molecule has 0 bridgehead atoms. The molecule has 26 heavy (non-hydrogen) atoms. The van der Waals surface area contributed by atoms with Gasteiger partial charge in [0.15, 0.2) is 23.9 Å². The van der Waals surface area contributed by atoms with Crippen molar-refractivity contribution >= 4 is 40.0 Å². The molecule has 1 aliphatic rings. The summed E-state index contributed by atoms with van der Waals surface area (Å²) in [6.07, 6.45) is 3.38. The Morgan fingerprint density at radius 1 is 1.38 bits per heavy atom. The fraction of sp³-hybridized carbons (Fsp3) is 0.222. The van der Waals surface area contributed by atoms with Gasteiger partial charge in [-0.2, -0.15) is 5.26 Å². The van der Waals surface area contributed by atoms with E-state index in [1.54, 1.807) is 35.9 Å². The van der Waals surface area contributed by atoms with E-state index in [0.29, 0.717) is 28.0 Å². The molecule has 1 saturated heterocycles. The number of nitrogens with one attached hydrogen (secondary N) is 1. The molecule has 1 aliphatic heterocycles. The van der Waals surface area contributed by atoms with Crippen molar-refractivity contribution in [1.29, 1.82) is 10.7 Å². The van der Waals surface area contributed by atoms with E-state index in [9.17, 15) is 4.79 Å². The SMILES string of the molecule is CCOc1cc(C=C2SC(=N)C(c3nccs3)C2=O)ccc1OCC#N. The summed E-state index contributed by atoms with van der Waals surface area (Å²) in [5, 5.41) is 19.5. The van der Waals surface area contributed by atoms with E-state index in [0.717, 1.165) is 17.3 Å². The molecule has 6 nitrogen and oxygen atoms in total. The molecular weight excluding hydrogens is 370 g/mol. The van der Waals surface area contributed by atoms with Crippen LogP contribution in [0, 0.1) is 16.7 Å². The number of aromatic nitrogens is 1. The second-order valence-corrected chi connectivity index (χ2v) is 7.24. The topological polar surface area (TPSA) is 96.1 Å². The van der Waals surface area contributed by atoms with Gasteiger partial charge in [-0.15, -0.1) is 11.3 Å². The van der Waals surface area contributed by atoms with Crippen LogP contribution in [0.15, 0.2) is 34.7 Å². The van der Waals surface area contributed by atoms with E-state index in [4.69, 9.17) is 20.1 Å². The van der Waals surface area contributed by atoms with E-state index in [-0.39, 0.29) is 17.4 Å². The van der Waals surface area contributed by atoms with Crippen LogP contribution >= 0.6 is 23.1 Å². The molecule has 0 amide bonds. The van der Waals surface area contributed by atoms with Crippen molar-refractivity contribution in [2.24, 2.45) is 0 Å². The number of carbonyl (C=O) groups is 1. The van der Waals surface area contributed by atoms with Gasteiger partial charge in [0.05, 0.1) is 16.6 Å². The Bertz CT molecular complexity index is 901. The molecule has 3 rings (SSSR count). The van der Waals surface area contributed by atoms with Gasteiger partial charge in [0, 0.05) is 11.6 Å². The van der Waals surface area contributed by atoms with Crippen LogP contribution in [0.5, 0.6) is 11.5 Å². The summed E-state index contributed by atoms with van der Waals surface area (Å²) >= 11 is 2.54. The molecule has 1 fully saturated rings. The lowest BCUT2D eigenvalue weighted by atomic mass is 10.0. The van der Waals surface area contributed by atoms with Crippen molar-refractivity contribution in [3.8, 4) is 17.6 Å². The van der Waals surface area contributed by atoms with Gasteiger partial charge in [-0.25, -0.2) is 4.98 Å². The largest absolute Gasteiger partial charge is 0.490 e. The van der Waals surface area contributed by atoms with Crippen LogP contribution in [-0.2, 0) is 4.79 Å². The highest BCUT2D eigenvalue weighted by Crippen LogP contribution is 2.41. The summed E-state index contributed by atoms with van der Waals surface area (Å²) in [7, 11) is 0. The predicted molar refractivity (Wildman–Crippen MR) is 102 cm³/mol. The van der Waals surface area contributed by atoms with Gasteiger partial charge < -0.3 is 9.47 Å². The van der Waals surface area contributed by atoms with Crippen LogP contribution in [0.25, 0.3) is 6.08 Å². The number of Topliss-reactive ketones (excluding diaryl/α,β-unsaturated/α-hetero) is 1. The first-order valence-electron chi connectivity index (χ1n) is 7.82. The molecule has 0 saturated carbocycles. The van der Waals surface area contributed by atoms with Gasteiger partial charge in [0.25, 0.3) is 0 Å². The summed E-state index contributed by atoms with van der Waals surface area (Å²) in [5.41, 5.74) is 0.765. The maximum absolute atomic E-state index is 12.7. The van der Waals surface area contributed by atoms with Gasteiger partial charge >= 0.3 is 0 Å². The van der Waals surface area contributed by atoms with E-state index in [2.05, 4.69) is 4.98 Å². The molecule has 1 unspecified atom stereocenters. The maximum Gasteiger partial charge on any atom is 0.186 e. The Balaban J connectivity index is 1.88. The van der Waals surface area contributed by atoms with E-state index < -0.39 is 5.92 Å². The zero-order valence-electron chi connectivity index (χ0n) is 13.9. The predicted octanol–water partition coefficient (Wildman–Crippen LogP) is 3.86. The number of rotatable bonds is 6. The van der Waals surface area contributed by atoms with Crippen molar-refractivity contribution in [3.63, 3.8) is 0 Å². The Morgan fingerprint density at radius 2 is 2.23 bits per heavy atom. The number of ether oxygens (including phenoxy) is 2. The van der Waals surface area contributed by atoms with Crippen LogP contribution in [0.2, 0.25) is 0 Å². The monoisotopic (exact) mass is 385 g/mol. The summed E-state index contributed by atoms with van der Waals surface area (Å²) < 4.78 is 10.9. The van der Waals surface area contributed by atoms with Gasteiger partial charge in [0.2, 0.25) is 0 Å². The third-order valence-electron chi connectivity index (χ3n) is 3.54. The van der Waals surface area contributed by atoms with E-state index in [1.807, 2.05) is 13.0 Å². The molecule has 0 radical (unpaired) electrons. The lowest BCUT2D eigenvalue weighted by Crippen LogP contribution is -2.11. The lowest BCUT2D eigenvalue weighted by molar-refractivity contribution is -0.114. The molecule has 1 atom stereocenters. The van der Waals surface area contributed by atoms with Gasteiger partial charge in [-0.1, -0.05) is 17.8 Å². The highest BCUT2D eigenvalue weighted by Gasteiger charge is 2.38. The second-order valence-electron chi connectivity index (χ2n) is 5.23.